The maximum atomic E-state index is 4.60. The molecule has 2 aromatic carbocycles. The monoisotopic (exact) mass is 359 g/mol. The van der Waals surface area contributed by atoms with E-state index in [4.69, 9.17) is 0 Å². The van der Waals surface area contributed by atoms with E-state index in [9.17, 15) is 0 Å². The van der Waals surface area contributed by atoms with Gasteiger partial charge in [0.05, 0.1) is 10.6 Å². The summed E-state index contributed by atoms with van der Waals surface area (Å²) in [4.78, 5) is 2.52. The van der Waals surface area contributed by atoms with Crippen LogP contribution < -0.4 is 5.43 Å². The second-order valence-electron chi connectivity index (χ2n) is 6.26. The zero-order valence-corrected chi connectivity index (χ0v) is 15.8. The molecule has 0 saturated heterocycles. The zero-order valence-electron chi connectivity index (χ0n) is 14.9. The van der Waals surface area contributed by atoms with E-state index >= 15 is 0 Å². The molecule has 0 saturated carbocycles. The Balaban J connectivity index is 1.71. The van der Waals surface area contributed by atoms with Gasteiger partial charge >= 0.3 is 0 Å². The van der Waals surface area contributed by atoms with Crippen molar-refractivity contribution >= 4 is 28.0 Å². The number of thiophene rings is 1. The van der Waals surface area contributed by atoms with Crippen LogP contribution in [0.4, 0.5) is 0 Å². The Morgan fingerprint density at radius 3 is 2.54 bits per heavy atom. The van der Waals surface area contributed by atoms with Gasteiger partial charge in [0, 0.05) is 36.3 Å². The molecule has 0 bridgehead atoms. The molecule has 0 fully saturated rings. The van der Waals surface area contributed by atoms with Gasteiger partial charge in [-0.3, -0.25) is 0 Å². The molecular weight excluding hydrogens is 338 g/mol. The molecule has 0 spiro atoms. The van der Waals surface area contributed by atoms with Crippen LogP contribution in [-0.4, -0.2) is 17.3 Å². The number of hydrogen-bond donors (Lipinski definition) is 1. The molecular formula is C22H21N3S. The number of nitrogens with zero attached hydrogens (tertiary/aromatic N) is 2. The quantitative estimate of drug-likeness (QED) is 0.402. The van der Waals surface area contributed by atoms with Crippen molar-refractivity contribution in [2.45, 2.75) is 6.42 Å². The molecule has 0 aliphatic heterocycles. The highest BCUT2D eigenvalue weighted by Crippen LogP contribution is 2.26. The molecule has 0 unspecified atom stereocenters. The van der Waals surface area contributed by atoms with Gasteiger partial charge in [-0.15, -0.1) is 11.3 Å². The number of nitrogens with one attached hydrogen (secondary N) is 1. The van der Waals surface area contributed by atoms with Gasteiger partial charge in [-0.25, -0.2) is 0 Å². The maximum Gasteiger partial charge on any atom is 0.124 e. The number of fused-ring (bicyclic) bond motifs is 1. The van der Waals surface area contributed by atoms with E-state index < -0.39 is 0 Å². The van der Waals surface area contributed by atoms with E-state index in [0.29, 0.717) is 0 Å². The lowest BCUT2D eigenvalue weighted by atomic mass is 10.1. The molecule has 0 aliphatic carbocycles. The van der Waals surface area contributed by atoms with Crippen LogP contribution in [0.1, 0.15) is 21.0 Å². The Morgan fingerprint density at radius 2 is 1.77 bits per heavy atom. The van der Waals surface area contributed by atoms with Crippen LogP contribution >= 0.6 is 11.3 Å². The van der Waals surface area contributed by atoms with Crippen LogP contribution in [0.5, 0.6) is 0 Å². The molecule has 0 radical (unpaired) electrons. The van der Waals surface area contributed by atoms with Crippen molar-refractivity contribution in [1.29, 1.82) is 0 Å². The number of hydrogen-bond acceptors (Lipinski definition) is 3. The second-order valence-corrected chi connectivity index (χ2v) is 7.43. The van der Waals surface area contributed by atoms with Crippen molar-refractivity contribution in [1.82, 2.24) is 9.99 Å². The summed E-state index contributed by atoms with van der Waals surface area (Å²) in [6.45, 7) is 0. The predicted molar refractivity (Wildman–Crippen MR) is 111 cm³/mol. The van der Waals surface area contributed by atoms with E-state index in [0.717, 1.165) is 17.8 Å². The van der Waals surface area contributed by atoms with Gasteiger partial charge in [0.1, 0.15) is 5.71 Å². The minimum absolute atomic E-state index is 0.952. The number of aromatic nitrogens is 1. The van der Waals surface area contributed by atoms with Crippen molar-refractivity contribution in [2.75, 3.05) is 7.05 Å². The number of rotatable bonds is 5. The maximum absolute atomic E-state index is 4.60. The summed E-state index contributed by atoms with van der Waals surface area (Å²) >= 11 is 1.81. The standard InChI is InChI=1S/C22H21N3S/c1-23-24-22(20-15-17-10-6-7-11-19(17)25(20)2)21-13-12-18(26-21)14-16-8-4-3-5-9-16/h3-13,15,23H,14H2,1-2H3/b24-22-. The lowest BCUT2D eigenvalue weighted by molar-refractivity contribution is 0.890. The highest BCUT2D eigenvalue weighted by Gasteiger charge is 2.16. The summed E-state index contributed by atoms with van der Waals surface area (Å²) in [5, 5.41) is 5.83. The fourth-order valence-corrected chi connectivity index (χ4v) is 4.30. The third kappa shape index (κ3) is 3.16. The number of aryl methyl sites for hydroxylation is 1. The normalized spacial score (nSPS) is 11.8. The summed E-state index contributed by atoms with van der Waals surface area (Å²) in [7, 11) is 3.95. The Kier molecular flexibility index (Phi) is 4.59. The van der Waals surface area contributed by atoms with E-state index in [1.165, 1.54) is 26.2 Å². The highest BCUT2D eigenvalue weighted by atomic mass is 32.1. The van der Waals surface area contributed by atoms with Gasteiger partial charge in [0.25, 0.3) is 0 Å². The average molecular weight is 359 g/mol. The molecule has 0 aliphatic rings. The van der Waals surface area contributed by atoms with Crippen LogP contribution in [0.25, 0.3) is 10.9 Å². The Hall–Kier alpha value is -2.85. The smallest absolute Gasteiger partial charge is 0.124 e. The summed E-state index contributed by atoms with van der Waals surface area (Å²) in [5.41, 5.74) is 7.62. The van der Waals surface area contributed by atoms with Gasteiger partial charge in [-0.1, -0.05) is 48.5 Å². The summed E-state index contributed by atoms with van der Waals surface area (Å²) in [6, 6.07) is 25.6. The molecule has 2 aromatic heterocycles. The number of benzene rings is 2. The summed E-state index contributed by atoms with van der Waals surface area (Å²) in [6.07, 6.45) is 0.952. The Labute approximate surface area is 157 Å². The fourth-order valence-electron chi connectivity index (χ4n) is 3.26. The third-order valence-electron chi connectivity index (χ3n) is 4.53. The van der Waals surface area contributed by atoms with Crippen LogP contribution in [0.3, 0.4) is 0 Å². The SMILES string of the molecule is CN/N=C(\c1ccc(Cc2ccccc2)s1)c1cc2ccccc2n1C. The topological polar surface area (TPSA) is 29.3 Å². The van der Waals surface area contributed by atoms with Crippen LogP contribution in [0.15, 0.2) is 77.9 Å². The number of hydrazone groups is 1. The van der Waals surface area contributed by atoms with Crippen molar-refractivity contribution in [2.24, 2.45) is 12.1 Å². The molecule has 1 N–H and O–H groups in total. The van der Waals surface area contributed by atoms with Crippen LogP contribution in [0.2, 0.25) is 0 Å². The van der Waals surface area contributed by atoms with Crippen molar-refractivity contribution in [3.8, 4) is 0 Å². The van der Waals surface area contributed by atoms with E-state index in [1.54, 1.807) is 11.3 Å². The van der Waals surface area contributed by atoms with Crippen LogP contribution in [0, 0.1) is 0 Å². The average Bonchev–Trinajstić information content (AvgIpc) is 3.26. The minimum Gasteiger partial charge on any atom is -0.342 e. The first-order valence-corrected chi connectivity index (χ1v) is 9.50. The van der Waals surface area contributed by atoms with Crippen LogP contribution in [-0.2, 0) is 13.5 Å². The van der Waals surface area contributed by atoms with E-state index in [1.807, 2.05) is 7.05 Å². The van der Waals surface area contributed by atoms with Gasteiger partial charge in [0.2, 0.25) is 0 Å². The number of para-hydroxylation sites is 1. The third-order valence-corrected chi connectivity index (χ3v) is 5.63. The van der Waals surface area contributed by atoms with Gasteiger partial charge < -0.3 is 9.99 Å². The first kappa shape index (κ1) is 16.6. The predicted octanol–water partition coefficient (Wildman–Crippen LogP) is 4.80. The van der Waals surface area contributed by atoms with Crippen molar-refractivity contribution in [3.05, 3.63) is 93.8 Å². The first-order chi connectivity index (χ1) is 12.8. The molecule has 0 amide bonds. The molecule has 130 valence electrons. The highest BCUT2D eigenvalue weighted by molar-refractivity contribution is 7.14. The van der Waals surface area contributed by atoms with Crippen molar-refractivity contribution in [3.63, 3.8) is 0 Å². The molecule has 26 heavy (non-hydrogen) atoms. The Morgan fingerprint density at radius 1 is 1.00 bits per heavy atom. The largest absolute Gasteiger partial charge is 0.342 e. The molecule has 3 nitrogen and oxygen atoms in total. The second kappa shape index (κ2) is 7.18. The van der Waals surface area contributed by atoms with E-state index in [-0.39, 0.29) is 0 Å². The first-order valence-electron chi connectivity index (χ1n) is 8.68. The molecule has 4 aromatic rings. The van der Waals surface area contributed by atoms with E-state index in [2.05, 4.69) is 94.9 Å². The molecule has 0 atom stereocenters. The fraction of sp³-hybridized carbons (Fsp3) is 0.136. The van der Waals surface area contributed by atoms with Gasteiger partial charge in [-0.2, -0.15) is 5.10 Å². The molecule has 4 rings (SSSR count). The van der Waals surface area contributed by atoms with Crippen molar-refractivity contribution < 1.29 is 0 Å². The zero-order chi connectivity index (χ0) is 17.9. The summed E-state index contributed by atoms with van der Waals surface area (Å²) < 4.78 is 2.21. The van der Waals surface area contributed by atoms with Gasteiger partial charge in [0.15, 0.2) is 0 Å². The Bertz CT molecular complexity index is 1060. The lowest BCUT2D eigenvalue weighted by Gasteiger charge is -2.07. The summed E-state index contributed by atoms with van der Waals surface area (Å²) in [5.74, 6) is 0. The molecule has 2 heterocycles. The minimum atomic E-state index is 0.952. The van der Waals surface area contributed by atoms with Gasteiger partial charge in [-0.05, 0) is 29.8 Å². The lowest BCUT2D eigenvalue weighted by Crippen LogP contribution is -2.11. The molecule has 4 heteroatoms.